The zero-order valence-electron chi connectivity index (χ0n) is 13.9. The number of nitrogens with zero attached hydrogens (tertiary/aromatic N) is 2. The number of fused-ring (bicyclic) bond motifs is 1. The van der Waals surface area contributed by atoms with Crippen LogP contribution >= 0.6 is 11.3 Å². The largest absolute Gasteiger partial charge is 0.384 e. The molecule has 2 aliphatic rings. The van der Waals surface area contributed by atoms with Crippen molar-refractivity contribution in [3.8, 4) is 10.6 Å². The smallest absolute Gasteiger partial charge is 0.157 e. The lowest BCUT2D eigenvalue weighted by molar-refractivity contribution is -0.121. The lowest BCUT2D eigenvalue weighted by Crippen LogP contribution is -2.40. The van der Waals surface area contributed by atoms with Gasteiger partial charge in [-0.05, 0) is 18.8 Å². The Morgan fingerprint density at radius 1 is 1.33 bits per heavy atom. The van der Waals surface area contributed by atoms with Gasteiger partial charge in [-0.25, -0.2) is 4.98 Å². The highest BCUT2D eigenvalue weighted by atomic mass is 32.1. The van der Waals surface area contributed by atoms with Crippen LogP contribution in [0.4, 0.5) is 5.00 Å². The summed E-state index contributed by atoms with van der Waals surface area (Å²) in [5.74, 6) is 1.03. The molecule has 5 heteroatoms. The van der Waals surface area contributed by atoms with Gasteiger partial charge in [-0.15, -0.1) is 0 Å². The third-order valence-corrected chi connectivity index (χ3v) is 5.98. The molecular formula is C19H22N2O2S. The highest BCUT2D eigenvalue weighted by Crippen LogP contribution is 2.43. The molecule has 24 heavy (non-hydrogen) atoms. The molecule has 1 saturated carbocycles. The summed E-state index contributed by atoms with van der Waals surface area (Å²) in [6.07, 6.45) is 3.81. The minimum Gasteiger partial charge on any atom is -0.384 e. The number of benzene rings is 1. The van der Waals surface area contributed by atoms with Crippen molar-refractivity contribution in [3.63, 3.8) is 0 Å². The van der Waals surface area contributed by atoms with E-state index in [9.17, 15) is 4.79 Å². The van der Waals surface area contributed by atoms with Gasteiger partial charge in [0.2, 0.25) is 0 Å². The Hall–Kier alpha value is -1.72. The molecule has 0 radical (unpaired) electrons. The van der Waals surface area contributed by atoms with Gasteiger partial charge >= 0.3 is 0 Å². The maximum atomic E-state index is 12.6. The van der Waals surface area contributed by atoms with E-state index in [1.807, 2.05) is 18.2 Å². The summed E-state index contributed by atoms with van der Waals surface area (Å²) in [4.78, 5) is 19.8. The van der Waals surface area contributed by atoms with Crippen LogP contribution in [-0.2, 0) is 16.0 Å². The monoisotopic (exact) mass is 342 g/mol. The molecule has 1 fully saturated rings. The van der Waals surface area contributed by atoms with Crippen LogP contribution in [0, 0.1) is 5.92 Å². The van der Waals surface area contributed by atoms with Crippen LogP contribution in [0.1, 0.15) is 25.0 Å². The van der Waals surface area contributed by atoms with E-state index < -0.39 is 0 Å². The topological polar surface area (TPSA) is 42.4 Å². The molecule has 126 valence electrons. The second kappa shape index (κ2) is 6.65. The number of carbonyl (C=O) groups excluding carboxylic acids is 1. The van der Waals surface area contributed by atoms with Crippen LogP contribution < -0.4 is 4.90 Å². The highest BCUT2D eigenvalue weighted by molar-refractivity contribution is 7.19. The number of rotatable bonds is 7. The molecule has 4 nitrogen and oxygen atoms in total. The van der Waals surface area contributed by atoms with E-state index >= 15 is 0 Å². The normalized spacial score (nSPS) is 19.5. The fraction of sp³-hybridized carbons (Fsp3) is 0.474. The Balaban J connectivity index is 1.59. The van der Waals surface area contributed by atoms with Gasteiger partial charge in [0.25, 0.3) is 0 Å². The van der Waals surface area contributed by atoms with Gasteiger partial charge in [0.15, 0.2) is 5.78 Å². The minimum atomic E-state index is -0.0423. The van der Waals surface area contributed by atoms with Crippen LogP contribution in [0.15, 0.2) is 30.3 Å². The number of carbonyl (C=O) groups is 1. The number of hydrogen-bond donors (Lipinski definition) is 0. The number of thiazole rings is 1. The molecule has 1 unspecified atom stereocenters. The van der Waals surface area contributed by atoms with Crippen molar-refractivity contribution in [2.75, 3.05) is 25.2 Å². The summed E-state index contributed by atoms with van der Waals surface area (Å²) >= 11 is 1.73. The molecule has 1 aromatic heterocycles. The first-order chi connectivity index (χ1) is 11.8. The van der Waals surface area contributed by atoms with Crippen molar-refractivity contribution in [2.45, 2.75) is 31.7 Å². The fourth-order valence-electron chi connectivity index (χ4n) is 3.29. The Kier molecular flexibility index (Phi) is 4.37. The summed E-state index contributed by atoms with van der Waals surface area (Å²) in [6.45, 7) is 1.50. The molecular weight excluding hydrogens is 320 g/mol. The molecule has 1 atom stereocenters. The maximum absolute atomic E-state index is 12.6. The number of aromatic nitrogens is 1. The van der Waals surface area contributed by atoms with E-state index in [4.69, 9.17) is 9.72 Å². The van der Waals surface area contributed by atoms with Crippen LogP contribution in [0.3, 0.4) is 0 Å². The number of ketones is 1. The Bertz CT molecular complexity index is 724. The number of Topliss-reactive ketones (excluding diaryl/α,β-unsaturated/α-hetero) is 1. The quantitative estimate of drug-likeness (QED) is 0.772. The number of ether oxygens (including phenoxy) is 1. The second-order valence-corrected chi connectivity index (χ2v) is 7.64. The van der Waals surface area contributed by atoms with Crippen molar-refractivity contribution in [1.82, 2.24) is 4.98 Å². The molecule has 0 amide bonds. The maximum Gasteiger partial charge on any atom is 0.157 e. The molecule has 0 bridgehead atoms. The lowest BCUT2D eigenvalue weighted by Gasteiger charge is -2.25. The molecule has 0 spiro atoms. The molecule has 1 aromatic carbocycles. The predicted octanol–water partition coefficient (Wildman–Crippen LogP) is 3.56. The first-order valence-corrected chi connectivity index (χ1v) is 9.41. The van der Waals surface area contributed by atoms with Crippen molar-refractivity contribution < 1.29 is 9.53 Å². The van der Waals surface area contributed by atoms with E-state index in [-0.39, 0.29) is 11.8 Å². The zero-order chi connectivity index (χ0) is 16.5. The fourth-order valence-corrected chi connectivity index (χ4v) is 4.44. The van der Waals surface area contributed by atoms with Crippen molar-refractivity contribution >= 4 is 22.1 Å². The van der Waals surface area contributed by atoms with Crippen LogP contribution in [0.2, 0.25) is 0 Å². The Morgan fingerprint density at radius 3 is 2.83 bits per heavy atom. The van der Waals surface area contributed by atoms with E-state index in [1.165, 1.54) is 17.8 Å². The highest BCUT2D eigenvalue weighted by Gasteiger charge is 2.39. The lowest BCUT2D eigenvalue weighted by atomic mass is 10.1. The summed E-state index contributed by atoms with van der Waals surface area (Å²) in [6, 6.07) is 10.3. The van der Waals surface area contributed by atoms with Crippen LogP contribution in [-0.4, -0.2) is 37.1 Å². The summed E-state index contributed by atoms with van der Waals surface area (Å²) in [5.41, 5.74) is 2.25. The molecule has 0 N–H and O–H groups in total. The molecule has 4 rings (SSSR count). The molecule has 0 saturated heterocycles. The molecule has 2 aromatic rings. The van der Waals surface area contributed by atoms with Gasteiger partial charge in [-0.2, -0.15) is 0 Å². The van der Waals surface area contributed by atoms with E-state index in [2.05, 4.69) is 17.0 Å². The molecule has 1 aliphatic carbocycles. The van der Waals surface area contributed by atoms with E-state index in [0.717, 1.165) is 35.1 Å². The van der Waals surface area contributed by atoms with Gasteiger partial charge < -0.3 is 9.64 Å². The number of hydrogen-bond acceptors (Lipinski definition) is 5. The van der Waals surface area contributed by atoms with E-state index in [1.54, 1.807) is 18.4 Å². The summed E-state index contributed by atoms with van der Waals surface area (Å²) in [5, 5.41) is 2.26. The number of anilines is 1. The van der Waals surface area contributed by atoms with Crippen LogP contribution in [0.25, 0.3) is 10.6 Å². The molecule has 2 heterocycles. The van der Waals surface area contributed by atoms with E-state index in [0.29, 0.717) is 13.0 Å². The Labute approximate surface area is 146 Å². The second-order valence-electron chi connectivity index (χ2n) is 6.66. The van der Waals surface area contributed by atoms with Gasteiger partial charge in [0, 0.05) is 32.1 Å². The third kappa shape index (κ3) is 3.10. The first-order valence-electron chi connectivity index (χ1n) is 8.59. The third-order valence-electron chi connectivity index (χ3n) is 4.80. The van der Waals surface area contributed by atoms with Gasteiger partial charge in [-0.1, -0.05) is 41.7 Å². The average molecular weight is 342 g/mol. The van der Waals surface area contributed by atoms with Gasteiger partial charge in [0.05, 0.1) is 18.3 Å². The van der Waals surface area contributed by atoms with Crippen molar-refractivity contribution in [3.05, 3.63) is 36.0 Å². The van der Waals surface area contributed by atoms with Crippen LogP contribution in [0.5, 0.6) is 0 Å². The van der Waals surface area contributed by atoms with Gasteiger partial charge in [-0.3, -0.25) is 4.79 Å². The minimum absolute atomic E-state index is 0.0423. The molecule has 1 aliphatic heterocycles. The first kappa shape index (κ1) is 15.8. The summed E-state index contributed by atoms with van der Waals surface area (Å²) < 4.78 is 5.08. The zero-order valence-corrected chi connectivity index (χ0v) is 14.7. The number of methoxy groups -OCH3 is 1. The van der Waals surface area contributed by atoms with Crippen molar-refractivity contribution in [2.24, 2.45) is 5.92 Å². The summed E-state index contributed by atoms with van der Waals surface area (Å²) in [7, 11) is 1.65. The SMILES string of the molecule is COCCC(=O)C1Cc2nc(-c3ccccc3)sc2N1CC1CC1. The standard InChI is InChI=1S/C19H22N2O2S/c1-23-10-9-17(22)16-11-15-19(21(16)12-13-7-8-13)24-18(20-15)14-5-3-2-4-6-14/h2-6,13,16H,7-12H2,1H3. The predicted molar refractivity (Wildman–Crippen MR) is 96.6 cm³/mol. The van der Waals surface area contributed by atoms with Crippen molar-refractivity contribution in [1.29, 1.82) is 0 Å². The van der Waals surface area contributed by atoms with Gasteiger partial charge in [0.1, 0.15) is 10.0 Å². The average Bonchev–Trinajstić information content (AvgIpc) is 3.23. The Morgan fingerprint density at radius 2 is 2.12 bits per heavy atom.